The average Bonchev–Trinajstić information content (AvgIpc) is 2.53. The van der Waals surface area contributed by atoms with Gasteiger partial charge in [0.15, 0.2) is 5.78 Å². The molecule has 0 aliphatic heterocycles. The largest absolute Gasteiger partial charge is 0.507 e. The van der Waals surface area contributed by atoms with Crippen LogP contribution in [0.25, 0.3) is 0 Å². The van der Waals surface area contributed by atoms with E-state index in [0.29, 0.717) is 11.3 Å². The van der Waals surface area contributed by atoms with Gasteiger partial charge in [-0.1, -0.05) is 30.3 Å². The highest BCUT2D eigenvalue weighted by atomic mass is 16.5. The van der Waals surface area contributed by atoms with E-state index in [0.717, 1.165) is 0 Å². The first-order chi connectivity index (χ1) is 10.1. The summed E-state index contributed by atoms with van der Waals surface area (Å²) in [5.41, 5.74) is 0.661. The molecule has 0 aliphatic carbocycles. The van der Waals surface area contributed by atoms with Crippen molar-refractivity contribution < 1.29 is 24.9 Å². The van der Waals surface area contributed by atoms with Gasteiger partial charge in [-0.15, -0.1) is 0 Å². The summed E-state index contributed by atoms with van der Waals surface area (Å²) < 4.78 is 5.20. The molecule has 0 radical (unpaired) electrons. The minimum Gasteiger partial charge on any atom is -0.507 e. The molecule has 1 unspecified atom stereocenters. The number of aliphatic hydroxyl groups excluding tert-OH is 2. The third-order valence-electron chi connectivity index (χ3n) is 2.90. The van der Waals surface area contributed by atoms with Crippen LogP contribution in [0.5, 0.6) is 11.5 Å². The van der Waals surface area contributed by atoms with Gasteiger partial charge in [-0.05, 0) is 12.1 Å². The molecule has 21 heavy (non-hydrogen) atoms. The molecule has 2 rings (SSSR count). The minimum absolute atomic E-state index is 0.0953. The predicted molar refractivity (Wildman–Crippen MR) is 76.6 cm³/mol. The van der Waals surface area contributed by atoms with E-state index >= 15 is 0 Å². The Bertz CT molecular complexity index is 609. The Labute approximate surface area is 122 Å². The molecule has 2 aromatic carbocycles. The standard InChI is InChI=1S/C16H16O5/c17-9-12(18)10-21-13-6-7-14(15(19)8-13)16(20)11-4-2-1-3-5-11/h1-8,12,17-19H,9-10H2. The number of ketones is 1. The summed E-state index contributed by atoms with van der Waals surface area (Å²) in [7, 11) is 0. The lowest BCUT2D eigenvalue weighted by Gasteiger charge is -2.11. The normalized spacial score (nSPS) is 11.9. The quantitative estimate of drug-likeness (QED) is 0.699. The number of ether oxygens (including phenoxy) is 1. The van der Waals surface area contributed by atoms with Crippen molar-refractivity contribution in [2.24, 2.45) is 0 Å². The first-order valence-electron chi connectivity index (χ1n) is 6.46. The lowest BCUT2D eigenvalue weighted by molar-refractivity contribution is 0.0535. The number of aliphatic hydroxyl groups is 2. The summed E-state index contributed by atoms with van der Waals surface area (Å²) in [6, 6.07) is 12.9. The van der Waals surface area contributed by atoms with Crippen LogP contribution in [0.15, 0.2) is 48.5 Å². The average molecular weight is 288 g/mol. The maximum atomic E-state index is 12.2. The number of phenolic OH excluding ortho intramolecular Hbond substituents is 1. The van der Waals surface area contributed by atoms with Crippen LogP contribution in [0.2, 0.25) is 0 Å². The van der Waals surface area contributed by atoms with Crippen LogP contribution in [0.1, 0.15) is 15.9 Å². The van der Waals surface area contributed by atoms with Crippen molar-refractivity contribution in [2.45, 2.75) is 6.10 Å². The molecule has 5 nitrogen and oxygen atoms in total. The summed E-state index contributed by atoms with van der Waals surface area (Å²) >= 11 is 0. The monoisotopic (exact) mass is 288 g/mol. The second-order valence-corrected chi connectivity index (χ2v) is 4.52. The Balaban J connectivity index is 2.14. The highest BCUT2D eigenvalue weighted by molar-refractivity contribution is 6.10. The van der Waals surface area contributed by atoms with Crippen LogP contribution in [0, 0.1) is 0 Å². The van der Waals surface area contributed by atoms with Gasteiger partial charge >= 0.3 is 0 Å². The van der Waals surface area contributed by atoms with E-state index in [1.54, 1.807) is 30.3 Å². The van der Waals surface area contributed by atoms with Crippen LogP contribution in [0.4, 0.5) is 0 Å². The highest BCUT2D eigenvalue weighted by Gasteiger charge is 2.14. The van der Waals surface area contributed by atoms with Crippen molar-refractivity contribution in [3.8, 4) is 11.5 Å². The zero-order valence-corrected chi connectivity index (χ0v) is 11.3. The van der Waals surface area contributed by atoms with Gasteiger partial charge in [-0.3, -0.25) is 4.79 Å². The molecule has 110 valence electrons. The van der Waals surface area contributed by atoms with E-state index in [4.69, 9.17) is 9.84 Å². The molecule has 0 saturated heterocycles. The van der Waals surface area contributed by atoms with E-state index in [-0.39, 0.29) is 23.7 Å². The summed E-state index contributed by atoms with van der Waals surface area (Å²) in [5, 5.41) is 27.8. The van der Waals surface area contributed by atoms with Gasteiger partial charge < -0.3 is 20.1 Å². The fourth-order valence-corrected chi connectivity index (χ4v) is 1.78. The fraction of sp³-hybridized carbons (Fsp3) is 0.188. The van der Waals surface area contributed by atoms with Gasteiger partial charge in [-0.2, -0.15) is 0 Å². The van der Waals surface area contributed by atoms with E-state index in [1.807, 2.05) is 0 Å². The van der Waals surface area contributed by atoms with E-state index in [2.05, 4.69) is 0 Å². The molecular formula is C16H16O5. The molecule has 5 heteroatoms. The predicted octanol–water partition coefficient (Wildman–Crippen LogP) is 1.36. The zero-order valence-electron chi connectivity index (χ0n) is 11.3. The molecule has 3 N–H and O–H groups in total. The third-order valence-corrected chi connectivity index (χ3v) is 2.90. The van der Waals surface area contributed by atoms with Crippen LogP contribution < -0.4 is 4.74 Å². The number of rotatable bonds is 6. The second kappa shape index (κ2) is 6.88. The number of carbonyl (C=O) groups excluding carboxylic acids is 1. The smallest absolute Gasteiger partial charge is 0.196 e. The molecule has 0 spiro atoms. The van der Waals surface area contributed by atoms with Crippen LogP contribution in [-0.4, -0.2) is 40.4 Å². The van der Waals surface area contributed by atoms with Gasteiger partial charge in [0.25, 0.3) is 0 Å². The van der Waals surface area contributed by atoms with Crippen molar-refractivity contribution in [3.05, 3.63) is 59.7 Å². The van der Waals surface area contributed by atoms with Crippen LogP contribution in [-0.2, 0) is 0 Å². The van der Waals surface area contributed by atoms with Crippen LogP contribution in [0.3, 0.4) is 0 Å². The Hall–Kier alpha value is -2.37. The molecule has 1 atom stereocenters. The SMILES string of the molecule is O=C(c1ccccc1)c1ccc(OCC(O)CO)cc1O. The first-order valence-corrected chi connectivity index (χ1v) is 6.46. The summed E-state index contributed by atoms with van der Waals surface area (Å²) in [6.07, 6.45) is -0.988. The van der Waals surface area contributed by atoms with Crippen molar-refractivity contribution in [3.63, 3.8) is 0 Å². The highest BCUT2D eigenvalue weighted by Crippen LogP contribution is 2.26. The Morgan fingerprint density at radius 1 is 1.14 bits per heavy atom. The minimum atomic E-state index is -0.988. The van der Waals surface area contributed by atoms with Gasteiger partial charge in [0.1, 0.15) is 24.2 Å². The topological polar surface area (TPSA) is 87.0 Å². The molecule has 0 fully saturated rings. The van der Waals surface area contributed by atoms with Gasteiger partial charge in [0.05, 0.1) is 12.2 Å². The number of hydrogen-bond donors (Lipinski definition) is 3. The summed E-state index contributed by atoms with van der Waals surface area (Å²) in [5.74, 6) is -0.167. The van der Waals surface area contributed by atoms with E-state index < -0.39 is 12.7 Å². The Morgan fingerprint density at radius 3 is 2.48 bits per heavy atom. The lowest BCUT2D eigenvalue weighted by Crippen LogP contribution is -2.21. The molecule has 0 aliphatic rings. The number of carbonyl (C=O) groups is 1. The number of aromatic hydroxyl groups is 1. The third kappa shape index (κ3) is 3.81. The van der Waals surface area contributed by atoms with Crippen molar-refractivity contribution >= 4 is 5.78 Å². The van der Waals surface area contributed by atoms with Crippen molar-refractivity contribution in [2.75, 3.05) is 13.2 Å². The number of phenols is 1. The van der Waals surface area contributed by atoms with Crippen molar-refractivity contribution in [1.29, 1.82) is 0 Å². The molecule has 0 bridgehead atoms. The Kier molecular flexibility index (Phi) is 4.92. The first kappa shape index (κ1) is 15.0. The molecule has 0 amide bonds. The molecular weight excluding hydrogens is 272 g/mol. The summed E-state index contributed by atoms with van der Waals surface area (Å²) in [4.78, 5) is 12.2. The van der Waals surface area contributed by atoms with Crippen LogP contribution >= 0.6 is 0 Å². The van der Waals surface area contributed by atoms with Gasteiger partial charge in [-0.25, -0.2) is 0 Å². The maximum absolute atomic E-state index is 12.2. The van der Waals surface area contributed by atoms with E-state index in [9.17, 15) is 15.0 Å². The zero-order chi connectivity index (χ0) is 15.2. The van der Waals surface area contributed by atoms with E-state index in [1.165, 1.54) is 18.2 Å². The number of benzene rings is 2. The number of hydrogen-bond acceptors (Lipinski definition) is 5. The molecule has 0 saturated carbocycles. The fourth-order valence-electron chi connectivity index (χ4n) is 1.78. The van der Waals surface area contributed by atoms with Gasteiger partial charge in [0, 0.05) is 11.6 Å². The molecule has 0 heterocycles. The van der Waals surface area contributed by atoms with Gasteiger partial charge in [0.2, 0.25) is 0 Å². The van der Waals surface area contributed by atoms with Crippen molar-refractivity contribution in [1.82, 2.24) is 0 Å². The maximum Gasteiger partial charge on any atom is 0.196 e. The molecule has 0 aromatic heterocycles. The Morgan fingerprint density at radius 2 is 1.86 bits per heavy atom. The lowest BCUT2D eigenvalue weighted by atomic mass is 10.0. The summed E-state index contributed by atoms with van der Waals surface area (Å²) in [6.45, 7) is -0.502. The molecule has 2 aromatic rings. The second-order valence-electron chi connectivity index (χ2n) is 4.52.